The lowest BCUT2D eigenvalue weighted by molar-refractivity contribution is 0.290. The number of hydrogen-bond acceptors (Lipinski definition) is 6. The zero-order valence-electron chi connectivity index (χ0n) is 20.7. The Morgan fingerprint density at radius 3 is 1.95 bits per heavy atom. The minimum atomic E-state index is -3.93. The van der Waals surface area contributed by atoms with Crippen LogP contribution in [0.5, 0.6) is 23.0 Å². The molecule has 0 spiro atoms. The second kappa shape index (κ2) is 12.1. The molecule has 37 heavy (non-hydrogen) atoms. The molecule has 6 nitrogen and oxygen atoms in total. The maximum atomic E-state index is 13.5. The molecule has 0 aliphatic rings. The Hall–Kier alpha value is -4.23. The standard InChI is InChI=1S/C30H28O6S/c1-33-28-15-9-14-25(30(28)34-2)18-19-37(31,32)29-20-26(35-21-23-10-5-3-6-11-23)16-17-27(29)36-22-24-12-7-4-8-13-24/h3-20H,21-22H2,1-2H3/b19-18+. The normalized spacial score (nSPS) is 11.3. The smallest absolute Gasteiger partial charge is 0.203 e. The molecule has 0 atom stereocenters. The fourth-order valence-corrected chi connectivity index (χ4v) is 4.84. The molecule has 0 N–H and O–H groups in total. The van der Waals surface area contributed by atoms with E-state index in [2.05, 4.69) is 0 Å². The molecule has 0 aromatic heterocycles. The second-order valence-electron chi connectivity index (χ2n) is 8.09. The first kappa shape index (κ1) is 25.9. The van der Waals surface area contributed by atoms with Gasteiger partial charge < -0.3 is 18.9 Å². The monoisotopic (exact) mass is 516 g/mol. The predicted octanol–water partition coefficient (Wildman–Crippen LogP) is 6.31. The summed E-state index contributed by atoms with van der Waals surface area (Å²) < 4.78 is 49.6. The van der Waals surface area contributed by atoms with Gasteiger partial charge in [0.25, 0.3) is 0 Å². The summed E-state index contributed by atoms with van der Waals surface area (Å²) in [6, 6.07) is 29.3. The van der Waals surface area contributed by atoms with Crippen LogP contribution in [0.15, 0.2) is 107 Å². The van der Waals surface area contributed by atoms with Gasteiger partial charge in [-0.25, -0.2) is 8.42 Å². The van der Waals surface area contributed by atoms with E-state index in [0.717, 1.165) is 16.5 Å². The molecule has 0 saturated carbocycles. The van der Waals surface area contributed by atoms with E-state index in [1.165, 1.54) is 26.4 Å². The van der Waals surface area contributed by atoms with Crippen LogP contribution in [0.4, 0.5) is 0 Å². The van der Waals surface area contributed by atoms with Crippen molar-refractivity contribution in [2.24, 2.45) is 0 Å². The van der Waals surface area contributed by atoms with Crippen molar-refractivity contribution >= 4 is 15.9 Å². The number of benzene rings is 4. The van der Waals surface area contributed by atoms with Crippen LogP contribution in [0.25, 0.3) is 6.08 Å². The van der Waals surface area contributed by atoms with Crippen LogP contribution < -0.4 is 18.9 Å². The van der Waals surface area contributed by atoms with Crippen molar-refractivity contribution in [3.8, 4) is 23.0 Å². The first-order valence-electron chi connectivity index (χ1n) is 11.6. The minimum absolute atomic E-state index is 0.00658. The second-order valence-corrected chi connectivity index (χ2v) is 9.89. The number of para-hydroxylation sites is 1. The van der Waals surface area contributed by atoms with E-state index in [-0.39, 0.29) is 17.3 Å². The molecule has 0 radical (unpaired) electrons. The first-order valence-corrected chi connectivity index (χ1v) is 13.2. The van der Waals surface area contributed by atoms with Gasteiger partial charge in [0, 0.05) is 17.0 Å². The Bertz CT molecular complexity index is 1450. The topological polar surface area (TPSA) is 71.1 Å². The van der Waals surface area contributed by atoms with Gasteiger partial charge in [-0.3, -0.25) is 0 Å². The molecule has 0 unspecified atom stereocenters. The largest absolute Gasteiger partial charge is 0.493 e. The van der Waals surface area contributed by atoms with E-state index in [0.29, 0.717) is 29.4 Å². The predicted molar refractivity (Wildman–Crippen MR) is 144 cm³/mol. The minimum Gasteiger partial charge on any atom is -0.493 e. The molecule has 190 valence electrons. The summed E-state index contributed by atoms with van der Waals surface area (Å²) in [5.74, 6) is 1.60. The number of rotatable bonds is 11. The van der Waals surface area contributed by atoms with Crippen LogP contribution in [0.2, 0.25) is 0 Å². The van der Waals surface area contributed by atoms with E-state index in [1.807, 2.05) is 60.7 Å². The van der Waals surface area contributed by atoms with Crippen molar-refractivity contribution < 1.29 is 27.4 Å². The van der Waals surface area contributed by atoms with Crippen molar-refractivity contribution in [3.05, 3.63) is 119 Å². The molecule has 0 heterocycles. The van der Waals surface area contributed by atoms with Crippen LogP contribution in [-0.4, -0.2) is 22.6 Å². The Morgan fingerprint density at radius 1 is 0.676 bits per heavy atom. The van der Waals surface area contributed by atoms with Crippen LogP contribution in [0.3, 0.4) is 0 Å². The Labute approximate surface area is 217 Å². The lowest BCUT2D eigenvalue weighted by Crippen LogP contribution is -2.04. The van der Waals surface area contributed by atoms with Gasteiger partial charge in [-0.2, -0.15) is 0 Å². The number of hydrogen-bond donors (Lipinski definition) is 0. The third-order valence-corrected chi connectivity index (χ3v) is 6.99. The highest BCUT2D eigenvalue weighted by molar-refractivity contribution is 7.94. The Morgan fingerprint density at radius 2 is 1.32 bits per heavy atom. The Balaban J connectivity index is 1.65. The SMILES string of the molecule is COc1cccc(/C=C/S(=O)(=O)c2cc(OCc3ccccc3)ccc2OCc2ccccc2)c1OC. The number of ether oxygens (including phenoxy) is 4. The van der Waals surface area contributed by atoms with Gasteiger partial charge in [0.05, 0.1) is 14.2 Å². The van der Waals surface area contributed by atoms with Crippen molar-refractivity contribution in [1.82, 2.24) is 0 Å². The van der Waals surface area contributed by atoms with Crippen LogP contribution >= 0.6 is 0 Å². The molecular formula is C30H28O6S. The van der Waals surface area contributed by atoms with Gasteiger partial charge in [0.15, 0.2) is 11.5 Å². The summed E-state index contributed by atoms with van der Waals surface area (Å²) >= 11 is 0. The number of methoxy groups -OCH3 is 2. The molecule has 4 aromatic carbocycles. The van der Waals surface area contributed by atoms with Crippen molar-refractivity contribution in [3.63, 3.8) is 0 Å². The fourth-order valence-electron chi connectivity index (χ4n) is 3.68. The van der Waals surface area contributed by atoms with Crippen LogP contribution in [0, 0.1) is 0 Å². The zero-order valence-corrected chi connectivity index (χ0v) is 21.5. The lowest BCUT2D eigenvalue weighted by atomic mass is 10.2. The van der Waals surface area contributed by atoms with E-state index >= 15 is 0 Å². The first-order chi connectivity index (χ1) is 18.0. The highest BCUT2D eigenvalue weighted by Gasteiger charge is 2.20. The quantitative estimate of drug-likeness (QED) is 0.233. The van der Waals surface area contributed by atoms with Gasteiger partial charge in [-0.15, -0.1) is 0 Å². The lowest BCUT2D eigenvalue weighted by Gasteiger charge is -2.14. The van der Waals surface area contributed by atoms with Crippen molar-refractivity contribution in [2.45, 2.75) is 18.1 Å². The van der Waals surface area contributed by atoms with Gasteiger partial charge in [-0.1, -0.05) is 72.8 Å². The fraction of sp³-hybridized carbons (Fsp3) is 0.133. The average molecular weight is 517 g/mol. The maximum Gasteiger partial charge on any atom is 0.203 e. The zero-order chi connectivity index (χ0) is 26.1. The van der Waals surface area contributed by atoms with E-state index in [1.54, 1.807) is 30.3 Å². The van der Waals surface area contributed by atoms with Crippen LogP contribution in [0.1, 0.15) is 16.7 Å². The summed E-state index contributed by atoms with van der Waals surface area (Å²) in [7, 11) is -0.892. The molecular weight excluding hydrogens is 488 g/mol. The summed E-state index contributed by atoms with van der Waals surface area (Å²) in [6.07, 6.45) is 1.48. The molecule has 0 amide bonds. The van der Waals surface area contributed by atoms with E-state index in [4.69, 9.17) is 18.9 Å². The molecule has 4 aromatic rings. The summed E-state index contributed by atoms with van der Waals surface area (Å²) in [5, 5.41) is 1.13. The number of sulfone groups is 1. The van der Waals surface area contributed by atoms with Gasteiger partial charge in [0.2, 0.25) is 9.84 Å². The highest BCUT2D eigenvalue weighted by atomic mass is 32.2. The molecule has 0 saturated heterocycles. The van der Waals surface area contributed by atoms with Gasteiger partial charge >= 0.3 is 0 Å². The van der Waals surface area contributed by atoms with Crippen molar-refractivity contribution in [2.75, 3.05) is 14.2 Å². The summed E-state index contributed by atoms with van der Waals surface area (Å²) in [6.45, 7) is 0.530. The van der Waals surface area contributed by atoms with E-state index in [9.17, 15) is 8.42 Å². The average Bonchev–Trinajstić information content (AvgIpc) is 2.94. The van der Waals surface area contributed by atoms with E-state index < -0.39 is 9.84 Å². The molecule has 0 bridgehead atoms. The molecule has 0 fully saturated rings. The third kappa shape index (κ3) is 6.71. The third-order valence-electron chi connectivity index (χ3n) is 5.57. The van der Waals surface area contributed by atoms with Crippen LogP contribution in [-0.2, 0) is 23.1 Å². The van der Waals surface area contributed by atoms with Gasteiger partial charge in [0.1, 0.15) is 29.6 Å². The molecule has 7 heteroatoms. The Kier molecular flexibility index (Phi) is 8.48. The van der Waals surface area contributed by atoms with Crippen molar-refractivity contribution in [1.29, 1.82) is 0 Å². The summed E-state index contributed by atoms with van der Waals surface area (Å²) in [5.41, 5.74) is 2.46. The maximum absolute atomic E-state index is 13.5. The summed E-state index contributed by atoms with van der Waals surface area (Å²) in [4.78, 5) is 0.00658. The molecule has 0 aliphatic carbocycles. The highest BCUT2D eigenvalue weighted by Crippen LogP contribution is 2.34. The van der Waals surface area contributed by atoms with Gasteiger partial charge in [-0.05, 0) is 35.4 Å². The molecule has 4 rings (SSSR count). The molecule has 0 aliphatic heterocycles.